The minimum absolute atomic E-state index is 0.203. The molecule has 0 bridgehead atoms. The fraction of sp³-hybridized carbons (Fsp3) is 0.0455. The molecule has 5 nitrogen and oxygen atoms in total. The van der Waals surface area contributed by atoms with E-state index in [1.165, 1.54) is 0 Å². The van der Waals surface area contributed by atoms with Gasteiger partial charge in [0.05, 0.1) is 0 Å². The number of rotatable bonds is 1. The number of benzene rings is 2. The maximum absolute atomic E-state index is 12.8. The Hall–Kier alpha value is -3.25. The lowest BCUT2D eigenvalue weighted by Crippen LogP contribution is -2.24. The maximum atomic E-state index is 12.8. The number of aliphatic imine (C=N–C) groups is 2. The molecule has 0 N–H and O–H groups in total. The Morgan fingerprint density at radius 1 is 1.11 bits per heavy atom. The van der Waals surface area contributed by atoms with Crippen LogP contribution in [0.15, 0.2) is 91.8 Å². The molecule has 3 aromatic rings. The van der Waals surface area contributed by atoms with Gasteiger partial charge in [0.2, 0.25) is 0 Å². The van der Waals surface area contributed by atoms with Crippen LogP contribution in [0.5, 0.6) is 0 Å². The number of hydrogen-bond acceptors (Lipinski definition) is 3. The Morgan fingerprint density at radius 3 is 2.82 bits per heavy atom. The fourth-order valence-corrected chi connectivity index (χ4v) is 3.67. The first kappa shape index (κ1) is 16.9. The molecular formula is C22H14BrN3O2. The molecule has 136 valence electrons. The molecule has 0 unspecified atom stereocenters. The van der Waals surface area contributed by atoms with Gasteiger partial charge in [0.1, 0.15) is 11.4 Å². The number of halogens is 1. The van der Waals surface area contributed by atoms with Crippen molar-refractivity contribution in [2.24, 2.45) is 9.98 Å². The van der Waals surface area contributed by atoms with Crippen molar-refractivity contribution in [3.05, 3.63) is 94.3 Å². The summed E-state index contributed by atoms with van der Waals surface area (Å²) in [5.41, 5.74) is 2.55. The van der Waals surface area contributed by atoms with Crippen LogP contribution in [0.25, 0.3) is 11.0 Å². The highest BCUT2D eigenvalue weighted by Crippen LogP contribution is 2.25. The van der Waals surface area contributed by atoms with Crippen molar-refractivity contribution in [2.75, 3.05) is 0 Å². The van der Waals surface area contributed by atoms with E-state index in [2.05, 4.69) is 25.9 Å². The fourth-order valence-electron chi connectivity index (χ4n) is 3.29. The Balaban J connectivity index is 1.61. The summed E-state index contributed by atoms with van der Waals surface area (Å²) in [6, 6.07) is 17.1. The molecule has 0 aliphatic carbocycles. The molecule has 1 aromatic heterocycles. The van der Waals surface area contributed by atoms with Gasteiger partial charge in [-0.3, -0.25) is 4.79 Å². The summed E-state index contributed by atoms with van der Waals surface area (Å²) in [6.45, 7) is 0.645. The van der Waals surface area contributed by atoms with Crippen LogP contribution in [0, 0.1) is 0 Å². The average Bonchev–Trinajstić information content (AvgIpc) is 3.08. The molecule has 1 amide bonds. The number of hydrogen-bond donors (Lipinski definition) is 0. The molecule has 6 heteroatoms. The summed E-state index contributed by atoms with van der Waals surface area (Å²) < 4.78 is 6.63. The number of amidine groups is 2. The molecular weight excluding hydrogens is 418 g/mol. The summed E-state index contributed by atoms with van der Waals surface area (Å²) in [4.78, 5) is 23.8. The lowest BCUT2D eigenvalue weighted by Gasteiger charge is -2.21. The van der Waals surface area contributed by atoms with E-state index >= 15 is 0 Å². The molecule has 0 fully saturated rings. The van der Waals surface area contributed by atoms with Gasteiger partial charge in [-0.1, -0.05) is 42.5 Å². The third-order valence-corrected chi connectivity index (χ3v) is 5.10. The maximum Gasteiger partial charge on any atom is 0.314 e. The van der Waals surface area contributed by atoms with Crippen molar-refractivity contribution in [3.8, 4) is 0 Å². The van der Waals surface area contributed by atoms with E-state index in [4.69, 9.17) is 4.42 Å². The smallest absolute Gasteiger partial charge is 0.314 e. The largest absolute Gasteiger partial charge is 0.451 e. The van der Waals surface area contributed by atoms with Crippen molar-refractivity contribution in [3.63, 3.8) is 0 Å². The second-order valence-electron chi connectivity index (χ2n) is 6.49. The first-order chi connectivity index (χ1) is 13.7. The number of carbonyl (C=O) groups is 1. The zero-order chi connectivity index (χ0) is 19.1. The van der Waals surface area contributed by atoms with Gasteiger partial charge in [0.25, 0.3) is 0 Å². The normalized spacial score (nSPS) is 17.0. The van der Waals surface area contributed by atoms with Crippen LogP contribution in [0.3, 0.4) is 0 Å². The van der Waals surface area contributed by atoms with Crippen LogP contribution in [0.4, 0.5) is 0 Å². The summed E-state index contributed by atoms with van der Waals surface area (Å²) >= 11 is 3.50. The molecule has 0 saturated heterocycles. The van der Waals surface area contributed by atoms with Crippen molar-refractivity contribution in [1.82, 2.24) is 4.90 Å². The van der Waals surface area contributed by atoms with Crippen molar-refractivity contribution < 1.29 is 9.21 Å². The van der Waals surface area contributed by atoms with E-state index in [-0.39, 0.29) is 5.76 Å². The van der Waals surface area contributed by atoms with Crippen molar-refractivity contribution in [2.45, 2.75) is 6.54 Å². The summed E-state index contributed by atoms with van der Waals surface area (Å²) in [5.74, 6) is 0.870. The van der Waals surface area contributed by atoms with Gasteiger partial charge in [-0.05, 0) is 45.8 Å². The van der Waals surface area contributed by atoms with Crippen LogP contribution in [-0.2, 0) is 6.54 Å². The van der Waals surface area contributed by atoms with E-state index in [0.717, 1.165) is 26.8 Å². The second kappa shape index (κ2) is 6.73. The zero-order valence-corrected chi connectivity index (χ0v) is 16.3. The highest BCUT2D eigenvalue weighted by molar-refractivity contribution is 9.11. The third kappa shape index (κ3) is 3.01. The lowest BCUT2D eigenvalue weighted by molar-refractivity contribution is 0.0978. The van der Waals surface area contributed by atoms with E-state index in [1.807, 2.05) is 71.8 Å². The van der Waals surface area contributed by atoms with Gasteiger partial charge >= 0.3 is 5.91 Å². The molecule has 2 aromatic carbocycles. The van der Waals surface area contributed by atoms with Crippen LogP contribution in [0.1, 0.15) is 21.7 Å². The Labute approximate surface area is 169 Å². The predicted molar refractivity (Wildman–Crippen MR) is 113 cm³/mol. The van der Waals surface area contributed by atoms with Crippen LogP contribution in [-0.4, -0.2) is 22.5 Å². The van der Waals surface area contributed by atoms with Crippen LogP contribution >= 0.6 is 15.9 Å². The number of para-hydroxylation sites is 1. The van der Waals surface area contributed by atoms with Crippen molar-refractivity contribution >= 4 is 44.5 Å². The number of amides is 1. The molecule has 28 heavy (non-hydrogen) atoms. The van der Waals surface area contributed by atoms with Crippen molar-refractivity contribution in [1.29, 1.82) is 0 Å². The first-order valence-corrected chi connectivity index (χ1v) is 9.57. The van der Waals surface area contributed by atoms with Gasteiger partial charge < -0.3 is 9.32 Å². The molecule has 2 aliphatic heterocycles. The Morgan fingerprint density at radius 2 is 1.93 bits per heavy atom. The molecule has 0 radical (unpaired) electrons. The van der Waals surface area contributed by atoms with Gasteiger partial charge in [0.15, 0.2) is 11.6 Å². The molecule has 5 rings (SSSR count). The van der Waals surface area contributed by atoms with Gasteiger partial charge in [0, 0.05) is 28.2 Å². The predicted octanol–water partition coefficient (Wildman–Crippen LogP) is 5.04. The second-order valence-corrected chi connectivity index (χ2v) is 7.41. The monoisotopic (exact) mass is 431 g/mol. The van der Waals surface area contributed by atoms with E-state index in [1.54, 1.807) is 6.07 Å². The first-order valence-electron chi connectivity index (χ1n) is 8.78. The van der Waals surface area contributed by atoms with E-state index in [9.17, 15) is 4.79 Å². The molecule has 3 heterocycles. The SMILES string of the molecule is O=C(N=C1N=C2C=CC(Br)=CN2Cc2ccccc21)c1cc2ccccc2o1. The molecule has 2 aliphatic rings. The standard InChI is InChI=1S/C22H14BrN3O2/c23-16-9-10-20-24-21(17-7-3-1-6-15(17)12-26(20)13-16)25-22(27)19-11-14-5-2-4-8-18(14)28-19/h1-11,13H,12H2. The lowest BCUT2D eigenvalue weighted by atomic mass is 10.1. The molecule has 0 spiro atoms. The number of fused-ring (bicyclic) bond motifs is 3. The number of allylic oxidation sites excluding steroid dienone is 2. The topological polar surface area (TPSA) is 58.2 Å². The highest BCUT2D eigenvalue weighted by Gasteiger charge is 2.22. The minimum atomic E-state index is -0.449. The average molecular weight is 432 g/mol. The molecule has 0 saturated carbocycles. The summed E-state index contributed by atoms with van der Waals surface area (Å²) in [5, 5.41) is 0.870. The van der Waals surface area contributed by atoms with Gasteiger partial charge in [-0.2, -0.15) is 4.99 Å². The zero-order valence-electron chi connectivity index (χ0n) is 14.7. The van der Waals surface area contributed by atoms with E-state index < -0.39 is 5.91 Å². The number of carbonyl (C=O) groups excluding carboxylic acids is 1. The van der Waals surface area contributed by atoms with Gasteiger partial charge in [-0.15, -0.1) is 0 Å². The Kier molecular flexibility index (Phi) is 4.06. The minimum Gasteiger partial charge on any atom is -0.451 e. The van der Waals surface area contributed by atoms with Crippen LogP contribution < -0.4 is 0 Å². The molecule has 0 atom stereocenters. The van der Waals surface area contributed by atoms with Gasteiger partial charge in [-0.25, -0.2) is 4.99 Å². The summed E-state index contributed by atoms with van der Waals surface area (Å²) in [6.07, 6.45) is 5.79. The highest BCUT2D eigenvalue weighted by atomic mass is 79.9. The third-order valence-electron chi connectivity index (χ3n) is 4.63. The number of nitrogens with zero attached hydrogens (tertiary/aromatic N) is 3. The van der Waals surface area contributed by atoms with Crippen LogP contribution in [0.2, 0.25) is 0 Å². The summed E-state index contributed by atoms with van der Waals surface area (Å²) in [7, 11) is 0. The number of furan rings is 1. The quantitative estimate of drug-likeness (QED) is 0.542. The Bertz CT molecular complexity index is 1200. The van der Waals surface area contributed by atoms with E-state index in [0.29, 0.717) is 18.0 Å².